The van der Waals surface area contributed by atoms with Crippen LogP contribution in [0.3, 0.4) is 0 Å². The van der Waals surface area contributed by atoms with Crippen molar-refractivity contribution in [2.45, 2.75) is 32.0 Å². The fraction of sp³-hybridized carbons (Fsp3) is 0.333. The van der Waals surface area contributed by atoms with Gasteiger partial charge in [-0.25, -0.2) is 9.50 Å². The van der Waals surface area contributed by atoms with Crippen LogP contribution in [-0.4, -0.2) is 48.5 Å². The third-order valence-electron chi connectivity index (χ3n) is 4.95. The Kier molecular flexibility index (Phi) is 3.68. The molecule has 1 saturated carbocycles. The summed E-state index contributed by atoms with van der Waals surface area (Å²) in [6, 6.07) is 5.72. The van der Waals surface area contributed by atoms with E-state index < -0.39 is 0 Å². The maximum Gasteiger partial charge on any atom is 0.274 e. The van der Waals surface area contributed by atoms with E-state index in [4.69, 9.17) is 11.6 Å². The lowest BCUT2D eigenvalue weighted by atomic mass is 10.2. The van der Waals surface area contributed by atoms with Crippen molar-refractivity contribution in [3.05, 3.63) is 52.7 Å². The van der Waals surface area contributed by atoms with Crippen LogP contribution in [0, 0.1) is 0 Å². The molecule has 1 fully saturated rings. The van der Waals surface area contributed by atoms with Gasteiger partial charge in [0.2, 0.25) is 0 Å². The summed E-state index contributed by atoms with van der Waals surface area (Å²) in [5, 5.41) is 7.76. The van der Waals surface area contributed by atoms with Crippen LogP contribution in [0.5, 0.6) is 0 Å². The van der Waals surface area contributed by atoms with Crippen molar-refractivity contribution in [2.24, 2.45) is 0 Å². The van der Waals surface area contributed by atoms with E-state index in [1.807, 2.05) is 16.7 Å². The largest absolute Gasteiger partial charge is 0.348 e. The molecule has 138 valence electrons. The number of carbonyl (C=O) groups is 2. The molecule has 0 unspecified atom stereocenters. The zero-order valence-corrected chi connectivity index (χ0v) is 15.2. The van der Waals surface area contributed by atoms with Gasteiger partial charge in [0.15, 0.2) is 11.3 Å². The molecule has 0 atom stereocenters. The zero-order valence-electron chi connectivity index (χ0n) is 14.4. The van der Waals surface area contributed by atoms with Crippen LogP contribution in [0.25, 0.3) is 5.65 Å². The molecule has 3 aromatic heterocycles. The third kappa shape index (κ3) is 2.95. The van der Waals surface area contributed by atoms with Crippen LogP contribution in [0.15, 0.2) is 30.6 Å². The summed E-state index contributed by atoms with van der Waals surface area (Å²) in [5.74, 6) is -0.195. The Labute approximate surface area is 159 Å². The highest BCUT2D eigenvalue weighted by molar-refractivity contribution is 6.30. The summed E-state index contributed by atoms with van der Waals surface area (Å²) >= 11 is 5.92. The molecule has 0 saturated heterocycles. The predicted octanol–water partition coefficient (Wildman–Crippen LogP) is 1.73. The van der Waals surface area contributed by atoms with Gasteiger partial charge in [-0.3, -0.25) is 9.59 Å². The molecule has 5 rings (SSSR count). The molecular weight excluding hydrogens is 368 g/mol. The molecule has 27 heavy (non-hydrogen) atoms. The second-order valence-electron chi connectivity index (χ2n) is 6.94. The molecule has 0 aromatic carbocycles. The Morgan fingerprint density at radius 3 is 2.89 bits per heavy atom. The van der Waals surface area contributed by atoms with Gasteiger partial charge in [0.1, 0.15) is 5.69 Å². The molecule has 4 heterocycles. The van der Waals surface area contributed by atoms with Gasteiger partial charge in [-0.15, -0.1) is 0 Å². The van der Waals surface area contributed by atoms with E-state index >= 15 is 0 Å². The zero-order chi connectivity index (χ0) is 18.5. The first kappa shape index (κ1) is 16.3. The number of rotatable bonds is 3. The Morgan fingerprint density at radius 1 is 1.22 bits per heavy atom. The predicted molar refractivity (Wildman–Crippen MR) is 97.7 cm³/mol. The molecule has 9 heteroatoms. The summed E-state index contributed by atoms with van der Waals surface area (Å²) < 4.78 is 3.50. The van der Waals surface area contributed by atoms with Crippen LogP contribution in [0.4, 0.5) is 0 Å². The molecule has 8 nitrogen and oxygen atoms in total. The minimum Gasteiger partial charge on any atom is -0.348 e. The first-order chi connectivity index (χ1) is 13.1. The van der Waals surface area contributed by atoms with Crippen molar-refractivity contribution in [1.29, 1.82) is 0 Å². The Morgan fingerprint density at radius 2 is 2.07 bits per heavy atom. The summed E-state index contributed by atoms with van der Waals surface area (Å²) in [4.78, 5) is 31.1. The van der Waals surface area contributed by atoms with Gasteiger partial charge in [0.05, 0.1) is 17.8 Å². The van der Waals surface area contributed by atoms with Gasteiger partial charge in [0, 0.05) is 37.1 Å². The highest BCUT2D eigenvalue weighted by Crippen LogP contribution is 2.22. The van der Waals surface area contributed by atoms with E-state index in [9.17, 15) is 9.59 Å². The molecule has 1 aliphatic carbocycles. The van der Waals surface area contributed by atoms with Crippen molar-refractivity contribution in [3.8, 4) is 0 Å². The number of halogens is 1. The Hall–Kier alpha value is -2.87. The SMILES string of the molecule is O=C(NC1CC1)c1ccc2n1CCN(C(=O)c1cc3ncc(Cl)cn3n1)C2. The summed E-state index contributed by atoms with van der Waals surface area (Å²) in [6.45, 7) is 1.54. The number of amides is 2. The minimum absolute atomic E-state index is 0.0353. The summed E-state index contributed by atoms with van der Waals surface area (Å²) in [7, 11) is 0. The maximum absolute atomic E-state index is 12.9. The van der Waals surface area contributed by atoms with Crippen molar-refractivity contribution >= 4 is 29.1 Å². The number of carbonyl (C=O) groups excluding carboxylic acids is 2. The van der Waals surface area contributed by atoms with Gasteiger partial charge in [-0.1, -0.05) is 11.6 Å². The van der Waals surface area contributed by atoms with Crippen LogP contribution >= 0.6 is 11.6 Å². The van der Waals surface area contributed by atoms with Crippen LogP contribution < -0.4 is 5.32 Å². The molecule has 0 bridgehead atoms. The quantitative estimate of drug-likeness (QED) is 0.745. The molecule has 0 radical (unpaired) electrons. The smallest absolute Gasteiger partial charge is 0.274 e. The summed E-state index contributed by atoms with van der Waals surface area (Å²) in [6.07, 6.45) is 5.25. The standard InChI is InChI=1S/C18H17ClN6O2/c19-11-8-20-16-7-14(22-25(16)9-11)18(27)23-5-6-24-13(10-23)3-4-15(24)17(26)21-12-1-2-12/h3-4,7-9,12H,1-2,5-6,10H2,(H,21,26). The Bertz CT molecular complexity index is 1070. The van der Waals surface area contributed by atoms with Gasteiger partial charge in [0.25, 0.3) is 11.8 Å². The highest BCUT2D eigenvalue weighted by atomic mass is 35.5. The fourth-order valence-corrected chi connectivity index (χ4v) is 3.53. The van der Waals surface area contributed by atoms with E-state index in [1.54, 1.807) is 17.2 Å². The molecule has 3 aromatic rings. The average molecular weight is 385 g/mol. The van der Waals surface area contributed by atoms with Gasteiger partial charge in [-0.05, 0) is 25.0 Å². The fourth-order valence-electron chi connectivity index (χ4n) is 3.39. The second-order valence-corrected chi connectivity index (χ2v) is 7.38. The number of hydrogen-bond donors (Lipinski definition) is 1. The lowest BCUT2D eigenvalue weighted by Gasteiger charge is -2.29. The monoisotopic (exact) mass is 384 g/mol. The number of nitrogens with one attached hydrogen (secondary N) is 1. The third-order valence-corrected chi connectivity index (χ3v) is 5.15. The molecule has 2 aliphatic rings. The van der Waals surface area contributed by atoms with Crippen molar-refractivity contribution in [1.82, 2.24) is 29.4 Å². The van der Waals surface area contributed by atoms with E-state index in [-0.39, 0.29) is 11.8 Å². The molecular formula is C18H17ClN6O2. The maximum atomic E-state index is 12.9. The van der Waals surface area contributed by atoms with E-state index in [0.717, 1.165) is 18.5 Å². The lowest BCUT2D eigenvalue weighted by Crippen LogP contribution is -2.39. The first-order valence-corrected chi connectivity index (χ1v) is 9.26. The van der Waals surface area contributed by atoms with Gasteiger partial charge >= 0.3 is 0 Å². The van der Waals surface area contributed by atoms with Crippen LogP contribution in [0.1, 0.15) is 39.5 Å². The minimum atomic E-state index is -0.159. The van der Waals surface area contributed by atoms with Gasteiger partial charge < -0.3 is 14.8 Å². The number of hydrogen-bond acceptors (Lipinski definition) is 4. The second kappa shape index (κ2) is 6.09. The average Bonchev–Trinajstić information content (AvgIpc) is 3.21. The van der Waals surface area contributed by atoms with Gasteiger partial charge in [-0.2, -0.15) is 5.10 Å². The van der Waals surface area contributed by atoms with E-state index in [2.05, 4.69) is 15.4 Å². The first-order valence-electron chi connectivity index (χ1n) is 8.88. The molecule has 1 N–H and O–H groups in total. The van der Waals surface area contributed by atoms with E-state index in [1.165, 1.54) is 10.7 Å². The van der Waals surface area contributed by atoms with Crippen molar-refractivity contribution in [2.75, 3.05) is 6.54 Å². The molecule has 0 spiro atoms. The van der Waals surface area contributed by atoms with Crippen molar-refractivity contribution < 1.29 is 9.59 Å². The highest BCUT2D eigenvalue weighted by Gasteiger charge is 2.29. The normalized spacial score (nSPS) is 16.4. The van der Waals surface area contributed by atoms with Crippen LogP contribution in [-0.2, 0) is 13.1 Å². The molecule has 1 aliphatic heterocycles. The van der Waals surface area contributed by atoms with Crippen molar-refractivity contribution in [3.63, 3.8) is 0 Å². The lowest BCUT2D eigenvalue weighted by molar-refractivity contribution is 0.0703. The Balaban J connectivity index is 1.36. The summed E-state index contributed by atoms with van der Waals surface area (Å²) in [5.41, 5.74) is 2.51. The number of nitrogens with zero attached hydrogens (tertiary/aromatic N) is 5. The van der Waals surface area contributed by atoms with Crippen LogP contribution in [0.2, 0.25) is 5.02 Å². The van der Waals surface area contributed by atoms with E-state index in [0.29, 0.717) is 47.7 Å². The molecule has 2 amide bonds. The number of fused-ring (bicyclic) bond motifs is 2. The number of aromatic nitrogens is 4. The topological polar surface area (TPSA) is 84.5 Å².